The SMILES string of the molecule is Cc1nccn1CCC1CCN(c2ncncc2C(=O)O)CC1. The van der Waals surface area contributed by atoms with E-state index < -0.39 is 5.97 Å². The number of hydrogen-bond donors (Lipinski definition) is 1. The Kier molecular flexibility index (Phi) is 4.55. The molecule has 23 heavy (non-hydrogen) atoms. The van der Waals surface area contributed by atoms with Crippen LogP contribution in [0.4, 0.5) is 5.82 Å². The Labute approximate surface area is 135 Å². The lowest BCUT2D eigenvalue weighted by Crippen LogP contribution is -2.35. The number of carboxylic acids is 1. The van der Waals surface area contributed by atoms with E-state index in [4.69, 9.17) is 0 Å². The van der Waals surface area contributed by atoms with Crippen molar-refractivity contribution in [2.75, 3.05) is 18.0 Å². The summed E-state index contributed by atoms with van der Waals surface area (Å²) in [6.45, 7) is 4.69. The van der Waals surface area contributed by atoms with E-state index in [1.807, 2.05) is 19.3 Å². The normalized spacial score (nSPS) is 15.8. The van der Waals surface area contributed by atoms with Crippen LogP contribution in [0, 0.1) is 12.8 Å². The topological polar surface area (TPSA) is 84.1 Å². The summed E-state index contributed by atoms with van der Waals surface area (Å²) in [5.74, 6) is 1.27. The van der Waals surface area contributed by atoms with Crippen molar-refractivity contribution in [3.8, 4) is 0 Å². The molecule has 0 unspecified atom stereocenters. The number of hydrogen-bond acceptors (Lipinski definition) is 5. The molecule has 0 aliphatic carbocycles. The maximum atomic E-state index is 11.3. The molecular formula is C16H21N5O2. The number of carboxylic acid groups (broad SMARTS) is 1. The maximum absolute atomic E-state index is 11.3. The first-order valence-electron chi connectivity index (χ1n) is 7.91. The van der Waals surface area contributed by atoms with Gasteiger partial charge in [0, 0.05) is 38.2 Å². The molecule has 0 amide bonds. The first kappa shape index (κ1) is 15.5. The summed E-state index contributed by atoms with van der Waals surface area (Å²) in [6.07, 6.45) is 9.87. The van der Waals surface area contributed by atoms with Crippen LogP contribution in [0.15, 0.2) is 24.9 Å². The molecule has 1 saturated heterocycles. The summed E-state index contributed by atoms with van der Waals surface area (Å²) in [6, 6.07) is 0. The largest absolute Gasteiger partial charge is 0.477 e. The van der Waals surface area contributed by atoms with Crippen LogP contribution in [-0.2, 0) is 6.54 Å². The third kappa shape index (κ3) is 3.49. The Bertz CT molecular complexity index is 677. The Balaban J connectivity index is 1.56. The second kappa shape index (κ2) is 6.76. The minimum atomic E-state index is -0.974. The van der Waals surface area contributed by atoms with Crippen molar-refractivity contribution in [2.24, 2.45) is 5.92 Å². The average Bonchev–Trinajstić information content (AvgIpc) is 2.98. The fraction of sp³-hybridized carbons (Fsp3) is 0.500. The molecule has 7 heteroatoms. The van der Waals surface area contributed by atoms with Crippen LogP contribution in [0.1, 0.15) is 35.4 Å². The van der Waals surface area contributed by atoms with Crippen molar-refractivity contribution in [3.05, 3.63) is 36.3 Å². The van der Waals surface area contributed by atoms with Crippen LogP contribution in [0.3, 0.4) is 0 Å². The number of aryl methyl sites for hydroxylation is 2. The van der Waals surface area contributed by atoms with E-state index in [0.29, 0.717) is 11.7 Å². The van der Waals surface area contributed by atoms with Crippen LogP contribution in [0.25, 0.3) is 0 Å². The molecule has 1 fully saturated rings. The molecule has 0 radical (unpaired) electrons. The molecule has 0 spiro atoms. The molecule has 3 rings (SSSR count). The van der Waals surface area contributed by atoms with E-state index in [1.165, 1.54) is 12.5 Å². The number of aromatic carboxylic acids is 1. The van der Waals surface area contributed by atoms with Crippen LogP contribution in [0.2, 0.25) is 0 Å². The minimum absolute atomic E-state index is 0.181. The Morgan fingerprint density at radius 2 is 2.13 bits per heavy atom. The van der Waals surface area contributed by atoms with Crippen molar-refractivity contribution in [3.63, 3.8) is 0 Å². The number of rotatable bonds is 5. The monoisotopic (exact) mass is 315 g/mol. The highest BCUT2D eigenvalue weighted by Gasteiger charge is 2.23. The van der Waals surface area contributed by atoms with E-state index in [-0.39, 0.29) is 5.56 Å². The van der Waals surface area contributed by atoms with E-state index in [9.17, 15) is 9.90 Å². The molecule has 0 atom stereocenters. The fourth-order valence-corrected chi connectivity index (χ4v) is 3.12. The summed E-state index contributed by atoms with van der Waals surface area (Å²) in [5, 5.41) is 9.25. The van der Waals surface area contributed by atoms with Gasteiger partial charge in [0.15, 0.2) is 0 Å². The van der Waals surface area contributed by atoms with Gasteiger partial charge in [-0.3, -0.25) is 0 Å². The molecule has 1 aliphatic rings. The predicted octanol–water partition coefficient (Wildman–Crippen LogP) is 1.99. The molecular weight excluding hydrogens is 294 g/mol. The zero-order valence-electron chi connectivity index (χ0n) is 13.2. The van der Waals surface area contributed by atoms with Gasteiger partial charge < -0.3 is 14.6 Å². The third-order valence-electron chi connectivity index (χ3n) is 4.54. The van der Waals surface area contributed by atoms with Crippen LogP contribution in [-0.4, -0.2) is 43.7 Å². The van der Waals surface area contributed by atoms with Gasteiger partial charge in [0.1, 0.15) is 23.5 Å². The number of imidazole rings is 1. The number of piperidine rings is 1. The highest BCUT2D eigenvalue weighted by Crippen LogP contribution is 2.26. The van der Waals surface area contributed by atoms with Crippen molar-refractivity contribution >= 4 is 11.8 Å². The summed E-state index contributed by atoms with van der Waals surface area (Å²) >= 11 is 0. The van der Waals surface area contributed by atoms with Gasteiger partial charge in [-0.15, -0.1) is 0 Å². The molecule has 2 aromatic heterocycles. The molecule has 3 heterocycles. The molecule has 122 valence electrons. The van der Waals surface area contributed by atoms with Gasteiger partial charge in [0.2, 0.25) is 0 Å². The molecule has 0 saturated carbocycles. The number of nitrogens with zero attached hydrogens (tertiary/aromatic N) is 5. The predicted molar refractivity (Wildman–Crippen MR) is 85.5 cm³/mol. The van der Waals surface area contributed by atoms with E-state index in [0.717, 1.165) is 44.7 Å². The lowest BCUT2D eigenvalue weighted by atomic mass is 9.93. The summed E-state index contributed by atoms with van der Waals surface area (Å²) in [7, 11) is 0. The highest BCUT2D eigenvalue weighted by molar-refractivity contribution is 5.92. The summed E-state index contributed by atoms with van der Waals surface area (Å²) in [4.78, 5) is 25.6. The maximum Gasteiger partial charge on any atom is 0.341 e. The number of anilines is 1. The zero-order valence-corrected chi connectivity index (χ0v) is 13.2. The Morgan fingerprint density at radius 3 is 2.78 bits per heavy atom. The third-order valence-corrected chi connectivity index (χ3v) is 4.54. The summed E-state index contributed by atoms with van der Waals surface area (Å²) < 4.78 is 2.18. The quantitative estimate of drug-likeness (QED) is 0.908. The van der Waals surface area contributed by atoms with Gasteiger partial charge in [-0.1, -0.05) is 0 Å². The van der Waals surface area contributed by atoms with Gasteiger partial charge in [-0.25, -0.2) is 19.7 Å². The number of carbonyl (C=O) groups is 1. The first-order valence-corrected chi connectivity index (χ1v) is 7.91. The molecule has 0 aromatic carbocycles. The Hall–Kier alpha value is -2.44. The smallest absolute Gasteiger partial charge is 0.341 e. The van der Waals surface area contributed by atoms with E-state index in [2.05, 4.69) is 24.4 Å². The lowest BCUT2D eigenvalue weighted by molar-refractivity contribution is 0.0696. The molecule has 7 nitrogen and oxygen atoms in total. The van der Waals surface area contributed by atoms with Crippen LogP contribution in [0.5, 0.6) is 0 Å². The highest BCUT2D eigenvalue weighted by atomic mass is 16.4. The zero-order chi connectivity index (χ0) is 16.2. The number of aromatic nitrogens is 4. The summed E-state index contributed by atoms with van der Waals surface area (Å²) in [5.41, 5.74) is 0.181. The van der Waals surface area contributed by atoms with Crippen molar-refractivity contribution in [2.45, 2.75) is 32.7 Å². The van der Waals surface area contributed by atoms with Crippen LogP contribution < -0.4 is 4.90 Å². The van der Waals surface area contributed by atoms with Gasteiger partial charge in [-0.05, 0) is 32.1 Å². The fourth-order valence-electron chi connectivity index (χ4n) is 3.12. The van der Waals surface area contributed by atoms with Gasteiger partial charge in [0.05, 0.1) is 0 Å². The Morgan fingerprint density at radius 1 is 1.35 bits per heavy atom. The van der Waals surface area contributed by atoms with Gasteiger partial charge >= 0.3 is 5.97 Å². The second-order valence-corrected chi connectivity index (χ2v) is 5.95. The van der Waals surface area contributed by atoms with Crippen molar-refractivity contribution in [1.29, 1.82) is 0 Å². The first-order chi connectivity index (χ1) is 11.1. The van der Waals surface area contributed by atoms with Crippen molar-refractivity contribution < 1.29 is 9.90 Å². The average molecular weight is 315 g/mol. The van der Waals surface area contributed by atoms with E-state index >= 15 is 0 Å². The minimum Gasteiger partial charge on any atom is -0.477 e. The molecule has 0 bridgehead atoms. The lowest BCUT2D eigenvalue weighted by Gasteiger charge is -2.33. The molecule has 1 aliphatic heterocycles. The van der Waals surface area contributed by atoms with Crippen LogP contribution >= 0.6 is 0 Å². The van der Waals surface area contributed by atoms with Crippen molar-refractivity contribution in [1.82, 2.24) is 19.5 Å². The molecule has 2 aromatic rings. The van der Waals surface area contributed by atoms with Gasteiger partial charge in [0.25, 0.3) is 0 Å². The van der Waals surface area contributed by atoms with E-state index in [1.54, 1.807) is 0 Å². The standard InChI is InChI=1S/C16H21N5O2/c1-12-18-5-9-20(12)6-2-13-3-7-21(8-4-13)15-14(16(22)23)10-17-11-19-15/h5,9-11,13H,2-4,6-8H2,1H3,(H,22,23). The van der Waals surface area contributed by atoms with Gasteiger partial charge in [-0.2, -0.15) is 0 Å². The molecule has 1 N–H and O–H groups in total. The second-order valence-electron chi connectivity index (χ2n) is 5.95.